The molecule has 0 radical (unpaired) electrons. The fraction of sp³-hybridized carbons (Fsp3) is 0.250. The van der Waals surface area contributed by atoms with E-state index in [1.165, 1.54) is 18.2 Å². The highest BCUT2D eigenvalue weighted by molar-refractivity contribution is 7.89. The highest BCUT2D eigenvalue weighted by atomic mass is 35.5. The molecule has 15 heavy (non-hydrogen) atoms. The van der Waals surface area contributed by atoms with Crippen LogP contribution < -0.4 is 4.72 Å². The standard InChI is InChI=1S/C8H8Cl2FNO2S/c9-7-2-1-6(5-8(7)10)15(13,14)12-4-3-11/h1-2,5,12H,3-4H2. The van der Waals surface area contributed by atoms with Crippen molar-refractivity contribution in [2.24, 2.45) is 0 Å². The van der Waals surface area contributed by atoms with Gasteiger partial charge in [0, 0.05) is 6.54 Å². The lowest BCUT2D eigenvalue weighted by Gasteiger charge is -2.05. The number of nitrogens with one attached hydrogen (secondary N) is 1. The molecule has 0 saturated heterocycles. The summed E-state index contributed by atoms with van der Waals surface area (Å²) in [4.78, 5) is -0.0367. The Morgan fingerprint density at radius 2 is 1.93 bits per heavy atom. The molecule has 1 rings (SSSR count). The summed E-state index contributed by atoms with van der Waals surface area (Å²) in [5.41, 5.74) is 0. The maximum Gasteiger partial charge on any atom is 0.240 e. The first-order valence-corrected chi connectivity index (χ1v) is 6.22. The number of hydrogen-bond donors (Lipinski definition) is 1. The van der Waals surface area contributed by atoms with E-state index < -0.39 is 16.7 Å². The van der Waals surface area contributed by atoms with Crippen LogP contribution in [0, 0.1) is 0 Å². The van der Waals surface area contributed by atoms with Gasteiger partial charge in [0.25, 0.3) is 0 Å². The van der Waals surface area contributed by atoms with Gasteiger partial charge in [-0.1, -0.05) is 23.2 Å². The van der Waals surface area contributed by atoms with Gasteiger partial charge >= 0.3 is 0 Å². The van der Waals surface area contributed by atoms with Crippen molar-refractivity contribution < 1.29 is 12.8 Å². The zero-order chi connectivity index (χ0) is 11.5. The first-order chi connectivity index (χ1) is 6.97. The summed E-state index contributed by atoms with van der Waals surface area (Å²) in [6.45, 7) is -1.02. The van der Waals surface area contributed by atoms with E-state index in [0.717, 1.165) is 0 Å². The summed E-state index contributed by atoms with van der Waals surface area (Å²) < 4.78 is 36.8. The van der Waals surface area contributed by atoms with Gasteiger partial charge in [-0.3, -0.25) is 0 Å². The second kappa shape index (κ2) is 5.12. The fourth-order valence-electron chi connectivity index (χ4n) is 0.900. The number of alkyl halides is 1. The van der Waals surface area contributed by atoms with E-state index in [9.17, 15) is 12.8 Å². The lowest BCUT2D eigenvalue weighted by Crippen LogP contribution is -2.25. The van der Waals surface area contributed by atoms with Crippen molar-refractivity contribution in [1.29, 1.82) is 0 Å². The van der Waals surface area contributed by atoms with Gasteiger partial charge in [-0.15, -0.1) is 0 Å². The summed E-state index contributed by atoms with van der Waals surface area (Å²) in [7, 11) is -3.69. The average Bonchev–Trinajstić information content (AvgIpc) is 2.19. The van der Waals surface area contributed by atoms with Crippen molar-refractivity contribution in [3.05, 3.63) is 28.2 Å². The predicted molar refractivity (Wildman–Crippen MR) is 57.6 cm³/mol. The van der Waals surface area contributed by atoms with Crippen molar-refractivity contribution in [1.82, 2.24) is 4.72 Å². The van der Waals surface area contributed by atoms with Gasteiger partial charge in [-0.05, 0) is 18.2 Å². The lowest BCUT2D eigenvalue weighted by molar-refractivity contribution is 0.486. The van der Waals surface area contributed by atoms with Crippen molar-refractivity contribution in [3.8, 4) is 0 Å². The van der Waals surface area contributed by atoms with Crippen LogP contribution in [0.15, 0.2) is 23.1 Å². The molecule has 3 nitrogen and oxygen atoms in total. The van der Waals surface area contributed by atoms with E-state index in [1.54, 1.807) is 0 Å². The topological polar surface area (TPSA) is 46.2 Å². The molecule has 0 bridgehead atoms. The second-order valence-electron chi connectivity index (χ2n) is 2.66. The maximum absolute atomic E-state index is 11.8. The minimum Gasteiger partial charge on any atom is -0.250 e. The molecule has 0 aliphatic carbocycles. The van der Waals surface area contributed by atoms with Crippen molar-refractivity contribution in [2.45, 2.75) is 4.90 Å². The van der Waals surface area contributed by atoms with E-state index in [4.69, 9.17) is 23.2 Å². The molecule has 0 unspecified atom stereocenters. The van der Waals surface area contributed by atoms with Crippen molar-refractivity contribution >= 4 is 33.2 Å². The van der Waals surface area contributed by atoms with Gasteiger partial charge in [-0.2, -0.15) is 0 Å². The van der Waals surface area contributed by atoms with Gasteiger partial charge in [0.2, 0.25) is 10.0 Å². The van der Waals surface area contributed by atoms with Crippen molar-refractivity contribution in [2.75, 3.05) is 13.2 Å². The van der Waals surface area contributed by atoms with Crippen LogP contribution in [-0.2, 0) is 10.0 Å². The molecule has 0 saturated carbocycles. The highest BCUT2D eigenvalue weighted by Crippen LogP contribution is 2.24. The molecule has 0 atom stereocenters. The third kappa shape index (κ3) is 3.31. The molecule has 0 spiro atoms. The normalized spacial score (nSPS) is 11.7. The molecule has 0 aromatic heterocycles. The first kappa shape index (κ1) is 12.7. The molecule has 0 aliphatic heterocycles. The molecule has 1 aromatic rings. The third-order valence-corrected chi connectivity index (χ3v) is 3.79. The Bertz CT molecular complexity index is 450. The van der Waals surface area contributed by atoms with Crippen LogP contribution in [-0.4, -0.2) is 21.6 Å². The SMILES string of the molecule is O=S(=O)(NCCF)c1ccc(Cl)c(Cl)c1. The number of benzene rings is 1. The van der Waals surface area contributed by atoms with Gasteiger partial charge in [0.1, 0.15) is 6.67 Å². The Kier molecular flexibility index (Phi) is 4.33. The number of sulfonamides is 1. The minimum atomic E-state index is -3.69. The summed E-state index contributed by atoms with van der Waals surface area (Å²) in [5, 5.41) is 0.404. The molecule has 0 amide bonds. The molecular formula is C8H8Cl2FNO2S. The van der Waals surface area contributed by atoms with E-state index in [2.05, 4.69) is 4.72 Å². The molecule has 0 heterocycles. The van der Waals surface area contributed by atoms with E-state index in [-0.39, 0.29) is 21.5 Å². The Balaban J connectivity index is 3.00. The quantitative estimate of drug-likeness (QED) is 0.913. The van der Waals surface area contributed by atoms with Gasteiger partial charge in [0.05, 0.1) is 14.9 Å². The summed E-state index contributed by atoms with van der Waals surface area (Å²) in [6.07, 6.45) is 0. The maximum atomic E-state index is 11.8. The molecular weight excluding hydrogens is 264 g/mol. The third-order valence-electron chi connectivity index (χ3n) is 1.59. The van der Waals surface area contributed by atoms with Gasteiger partial charge < -0.3 is 0 Å². The monoisotopic (exact) mass is 271 g/mol. The Morgan fingerprint density at radius 3 is 2.47 bits per heavy atom. The summed E-state index contributed by atoms with van der Waals surface area (Å²) in [6, 6.07) is 3.88. The largest absolute Gasteiger partial charge is 0.250 e. The first-order valence-electron chi connectivity index (χ1n) is 3.98. The Morgan fingerprint density at radius 1 is 1.27 bits per heavy atom. The zero-order valence-electron chi connectivity index (χ0n) is 7.50. The Labute approximate surface area is 97.2 Å². The minimum absolute atomic E-state index is 0.0367. The second-order valence-corrected chi connectivity index (χ2v) is 5.24. The van der Waals surface area contributed by atoms with Crippen LogP contribution in [0.5, 0.6) is 0 Å². The molecule has 1 aromatic carbocycles. The number of halogens is 3. The van der Waals surface area contributed by atoms with Crippen LogP contribution in [0.4, 0.5) is 4.39 Å². The molecule has 7 heteroatoms. The van der Waals surface area contributed by atoms with Crippen LogP contribution in [0.2, 0.25) is 10.0 Å². The fourth-order valence-corrected chi connectivity index (χ4v) is 2.30. The van der Waals surface area contributed by atoms with E-state index in [1.807, 2.05) is 0 Å². The zero-order valence-corrected chi connectivity index (χ0v) is 9.83. The number of rotatable bonds is 4. The molecule has 0 aliphatic rings. The Hall–Kier alpha value is -0.360. The smallest absolute Gasteiger partial charge is 0.240 e. The van der Waals surface area contributed by atoms with E-state index in [0.29, 0.717) is 0 Å². The predicted octanol–water partition coefficient (Wildman–Crippen LogP) is 2.24. The van der Waals surface area contributed by atoms with Crippen LogP contribution >= 0.6 is 23.2 Å². The molecule has 84 valence electrons. The number of hydrogen-bond acceptors (Lipinski definition) is 2. The van der Waals surface area contributed by atoms with Crippen LogP contribution in [0.1, 0.15) is 0 Å². The lowest BCUT2D eigenvalue weighted by atomic mass is 10.4. The van der Waals surface area contributed by atoms with Crippen LogP contribution in [0.3, 0.4) is 0 Å². The molecule has 1 N–H and O–H groups in total. The van der Waals surface area contributed by atoms with Gasteiger partial charge in [0.15, 0.2) is 0 Å². The highest BCUT2D eigenvalue weighted by Gasteiger charge is 2.14. The average molecular weight is 272 g/mol. The van der Waals surface area contributed by atoms with Crippen molar-refractivity contribution in [3.63, 3.8) is 0 Å². The van der Waals surface area contributed by atoms with E-state index >= 15 is 0 Å². The van der Waals surface area contributed by atoms with Gasteiger partial charge in [-0.25, -0.2) is 17.5 Å². The van der Waals surface area contributed by atoms with Crippen LogP contribution in [0.25, 0.3) is 0 Å². The summed E-state index contributed by atoms with van der Waals surface area (Å²) >= 11 is 11.3. The molecule has 0 fully saturated rings. The summed E-state index contributed by atoms with van der Waals surface area (Å²) in [5.74, 6) is 0.